The van der Waals surface area contributed by atoms with Crippen LogP contribution in [-0.4, -0.2) is 29.4 Å². The molecule has 2 aliphatic rings. The van der Waals surface area contributed by atoms with Crippen molar-refractivity contribution in [3.05, 3.63) is 43.8 Å². The second-order valence-electron chi connectivity index (χ2n) is 6.67. The van der Waals surface area contributed by atoms with Gasteiger partial charge in [-0.25, -0.2) is 4.79 Å². The molecule has 0 spiro atoms. The van der Waals surface area contributed by atoms with E-state index in [4.69, 9.17) is 4.74 Å². The third-order valence-corrected chi connectivity index (χ3v) is 7.18. The van der Waals surface area contributed by atoms with Gasteiger partial charge in [0, 0.05) is 16.3 Å². The smallest absolute Gasteiger partial charge is 0.349 e. The lowest BCUT2D eigenvalue weighted by Crippen LogP contribution is -2.39. The topological polar surface area (TPSA) is 46.6 Å². The summed E-state index contributed by atoms with van der Waals surface area (Å²) in [6, 6.07) is 6.15. The van der Waals surface area contributed by atoms with E-state index in [1.807, 2.05) is 22.4 Å². The van der Waals surface area contributed by atoms with E-state index >= 15 is 0 Å². The zero-order chi connectivity index (χ0) is 17.4. The average molecular weight is 376 g/mol. The van der Waals surface area contributed by atoms with Crippen molar-refractivity contribution < 1.29 is 14.3 Å². The van der Waals surface area contributed by atoms with Crippen LogP contribution in [0.5, 0.6) is 0 Å². The van der Waals surface area contributed by atoms with Crippen molar-refractivity contribution in [1.82, 2.24) is 4.90 Å². The van der Waals surface area contributed by atoms with Crippen LogP contribution in [0.2, 0.25) is 0 Å². The maximum absolute atomic E-state index is 12.8. The van der Waals surface area contributed by atoms with Gasteiger partial charge in [-0.1, -0.05) is 6.07 Å². The summed E-state index contributed by atoms with van der Waals surface area (Å²) >= 11 is 3.19. The summed E-state index contributed by atoms with van der Waals surface area (Å²) in [7, 11) is 0. The first-order valence-corrected chi connectivity index (χ1v) is 10.5. The highest BCUT2D eigenvalue weighted by Crippen LogP contribution is 2.35. The van der Waals surface area contributed by atoms with E-state index in [2.05, 4.69) is 6.07 Å². The van der Waals surface area contributed by atoms with Gasteiger partial charge in [0.15, 0.2) is 6.10 Å². The number of carbonyl (C=O) groups excluding carboxylic acids is 2. The number of amides is 1. The van der Waals surface area contributed by atoms with E-state index in [0.29, 0.717) is 4.88 Å². The molecule has 0 saturated carbocycles. The summed E-state index contributed by atoms with van der Waals surface area (Å²) in [4.78, 5) is 30.2. The van der Waals surface area contributed by atoms with Gasteiger partial charge < -0.3 is 9.64 Å². The summed E-state index contributed by atoms with van der Waals surface area (Å²) in [6.45, 7) is 2.42. The normalized spacial score (nSPS) is 20.5. The average Bonchev–Trinajstić information content (AvgIpc) is 3.36. The van der Waals surface area contributed by atoms with Crippen molar-refractivity contribution in [1.29, 1.82) is 0 Å². The number of hydrogen-bond acceptors (Lipinski definition) is 5. The van der Waals surface area contributed by atoms with E-state index < -0.39 is 6.10 Å². The van der Waals surface area contributed by atoms with Gasteiger partial charge in [-0.3, -0.25) is 4.79 Å². The number of likely N-dealkylation sites (tertiary alicyclic amines) is 1. The van der Waals surface area contributed by atoms with Crippen molar-refractivity contribution in [3.8, 4) is 0 Å². The Hall–Kier alpha value is -1.66. The van der Waals surface area contributed by atoms with Crippen molar-refractivity contribution in [2.75, 3.05) is 6.54 Å². The molecule has 1 aliphatic heterocycles. The third-order valence-electron chi connectivity index (χ3n) is 4.99. The zero-order valence-corrected chi connectivity index (χ0v) is 15.8. The third kappa shape index (κ3) is 3.25. The number of nitrogens with zero attached hydrogens (tertiary/aromatic N) is 1. The molecule has 0 unspecified atom stereocenters. The van der Waals surface area contributed by atoms with Crippen molar-refractivity contribution in [3.63, 3.8) is 0 Å². The Kier molecular flexibility index (Phi) is 4.65. The SMILES string of the molecule is C[C@H](OC(=O)c1cc2c(s1)CCC2)C(=O)N1CCC[C@@H]1c1cccs1. The molecule has 1 fully saturated rings. The molecule has 0 N–H and O–H groups in total. The van der Waals surface area contributed by atoms with Crippen molar-refractivity contribution in [2.24, 2.45) is 0 Å². The highest BCUT2D eigenvalue weighted by atomic mass is 32.1. The largest absolute Gasteiger partial charge is 0.448 e. The summed E-state index contributed by atoms with van der Waals surface area (Å²) in [5.41, 5.74) is 1.27. The maximum Gasteiger partial charge on any atom is 0.349 e. The van der Waals surface area contributed by atoms with Gasteiger partial charge in [0.25, 0.3) is 5.91 Å². The molecule has 1 amide bonds. The van der Waals surface area contributed by atoms with Crippen LogP contribution in [0.15, 0.2) is 23.6 Å². The van der Waals surface area contributed by atoms with Crippen LogP contribution in [-0.2, 0) is 22.4 Å². The van der Waals surface area contributed by atoms with E-state index in [1.54, 1.807) is 18.3 Å². The van der Waals surface area contributed by atoms with Gasteiger partial charge in [-0.15, -0.1) is 22.7 Å². The molecular weight excluding hydrogens is 354 g/mol. The number of fused-ring (bicyclic) bond motifs is 1. The first kappa shape index (κ1) is 16.8. The molecule has 2 atom stereocenters. The van der Waals surface area contributed by atoms with Gasteiger partial charge in [-0.05, 0) is 62.1 Å². The Morgan fingerprint density at radius 1 is 1.32 bits per heavy atom. The monoisotopic (exact) mass is 375 g/mol. The Labute approximate surface area is 155 Å². The standard InChI is InChI=1S/C19H21NO3S2/c1-12(23-19(22)17-11-13-5-2-7-15(13)25-17)18(21)20-9-3-6-14(20)16-8-4-10-24-16/h4,8,10-12,14H,2-3,5-7,9H2,1H3/t12-,14+/m0/s1. The molecule has 132 valence electrons. The fourth-order valence-electron chi connectivity index (χ4n) is 3.74. The highest BCUT2D eigenvalue weighted by molar-refractivity contribution is 7.14. The minimum Gasteiger partial charge on any atom is -0.448 e. The van der Waals surface area contributed by atoms with E-state index in [-0.39, 0.29) is 17.9 Å². The van der Waals surface area contributed by atoms with Crippen molar-refractivity contribution >= 4 is 34.6 Å². The van der Waals surface area contributed by atoms with Gasteiger partial charge in [0.1, 0.15) is 4.88 Å². The van der Waals surface area contributed by atoms with Gasteiger partial charge in [0.05, 0.1) is 6.04 Å². The number of ether oxygens (including phenoxy) is 1. The van der Waals surface area contributed by atoms with Gasteiger partial charge in [-0.2, -0.15) is 0 Å². The Morgan fingerprint density at radius 3 is 2.96 bits per heavy atom. The molecule has 4 rings (SSSR count). The zero-order valence-electron chi connectivity index (χ0n) is 14.2. The number of esters is 1. The summed E-state index contributed by atoms with van der Waals surface area (Å²) in [6.07, 6.45) is 4.49. The van der Waals surface area contributed by atoms with Crippen LogP contribution in [0.25, 0.3) is 0 Å². The van der Waals surface area contributed by atoms with Crippen LogP contribution >= 0.6 is 22.7 Å². The molecule has 0 aromatic carbocycles. The van der Waals surface area contributed by atoms with Crippen LogP contribution in [0.4, 0.5) is 0 Å². The maximum atomic E-state index is 12.8. The van der Waals surface area contributed by atoms with E-state index in [9.17, 15) is 9.59 Å². The van der Waals surface area contributed by atoms with Crippen LogP contribution in [0.3, 0.4) is 0 Å². The Morgan fingerprint density at radius 2 is 2.20 bits per heavy atom. The summed E-state index contributed by atoms with van der Waals surface area (Å²) in [5.74, 6) is -0.458. The number of hydrogen-bond donors (Lipinski definition) is 0. The Balaban J connectivity index is 1.42. The van der Waals surface area contributed by atoms with E-state index in [1.165, 1.54) is 33.1 Å². The first-order valence-electron chi connectivity index (χ1n) is 8.80. The number of thiophene rings is 2. The molecule has 25 heavy (non-hydrogen) atoms. The molecule has 1 saturated heterocycles. The predicted molar refractivity (Wildman–Crippen MR) is 99.2 cm³/mol. The molecule has 2 aromatic rings. The first-order chi connectivity index (χ1) is 12.1. The van der Waals surface area contributed by atoms with Gasteiger partial charge >= 0.3 is 5.97 Å². The molecule has 0 bridgehead atoms. The minimum absolute atomic E-state index is 0.0895. The number of rotatable bonds is 4. The van der Waals surface area contributed by atoms with Crippen LogP contribution in [0.1, 0.15) is 57.2 Å². The summed E-state index contributed by atoms with van der Waals surface area (Å²) in [5, 5.41) is 2.04. The second kappa shape index (κ2) is 6.92. The molecule has 3 heterocycles. The predicted octanol–water partition coefficient (Wildman–Crippen LogP) is 4.21. The molecule has 0 radical (unpaired) electrons. The highest BCUT2D eigenvalue weighted by Gasteiger charge is 2.34. The minimum atomic E-state index is -0.745. The summed E-state index contributed by atoms with van der Waals surface area (Å²) < 4.78 is 5.50. The van der Waals surface area contributed by atoms with Crippen LogP contribution < -0.4 is 0 Å². The van der Waals surface area contributed by atoms with Crippen LogP contribution in [0, 0.1) is 0 Å². The van der Waals surface area contributed by atoms with Gasteiger partial charge in [0.2, 0.25) is 0 Å². The fourth-order valence-corrected chi connectivity index (χ4v) is 5.75. The lowest BCUT2D eigenvalue weighted by Gasteiger charge is -2.26. The molecule has 2 aromatic heterocycles. The quantitative estimate of drug-likeness (QED) is 0.752. The van der Waals surface area contributed by atoms with E-state index in [0.717, 1.165) is 32.2 Å². The molecular formula is C19H21NO3S2. The molecule has 6 heteroatoms. The number of carbonyl (C=O) groups is 2. The molecule has 4 nitrogen and oxygen atoms in total. The number of aryl methyl sites for hydroxylation is 2. The fraction of sp³-hybridized carbons (Fsp3) is 0.474. The second-order valence-corrected chi connectivity index (χ2v) is 8.78. The Bertz CT molecular complexity index is 759. The lowest BCUT2D eigenvalue weighted by atomic mass is 10.2. The lowest BCUT2D eigenvalue weighted by molar-refractivity contribution is -0.140. The van der Waals surface area contributed by atoms with Crippen molar-refractivity contribution in [2.45, 2.75) is 51.2 Å². The molecule has 1 aliphatic carbocycles.